The summed E-state index contributed by atoms with van der Waals surface area (Å²) < 4.78 is 29.7. The number of halogens is 1. The van der Waals surface area contributed by atoms with Crippen molar-refractivity contribution in [3.8, 4) is 11.6 Å². The Morgan fingerprint density at radius 1 is 1.07 bits per heavy atom. The molecule has 1 aromatic carbocycles. The minimum Gasteiger partial charge on any atom is -0.487 e. The second-order valence-corrected chi connectivity index (χ2v) is 12.8. The van der Waals surface area contributed by atoms with Crippen LogP contribution < -0.4 is 30.4 Å². The summed E-state index contributed by atoms with van der Waals surface area (Å²) in [5, 5.41) is 0.376. The van der Waals surface area contributed by atoms with Gasteiger partial charge in [0.15, 0.2) is 17.0 Å². The van der Waals surface area contributed by atoms with Gasteiger partial charge in [0.2, 0.25) is 5.88 Å². The van der Waals surface area contributed by atoms with E-state index in [-0.39, 0.29) is 23.3 Å². The standard InChI is InChI=1S/C35H42FN7O3/c1-23-22-46-35-32-28(16-29(36)33(35)40-12-4-3-5-13-40)34(44)25(20-43(23)32)19-42(18-24-10-11-38-31(15-24)45-2)27-7-6-14-41(21-27)26-8-9-30(37)39-17-26/h8-11,15-17,20,23,27H,3-7,12-14,18-19,21-22H2,1-2H3,(H2,37,39). The molecule has 0 spiro atoms. The van der Waals surface area contributed by atoms with Gasteiger partial charge in [-0.05, 0) is 68.9 Å². The van der Waals surface area contributed by atoms with Crippen LogP contribution >= 0.6 is 0 Å². The molecule has 46 heavy (non-hydrogen) atoms. The van der Waals surface area contributed by atoms with Crippen molar-refractivity contribution in [1.29, 1.82) is 0 Å². The minimum absolute atomic E-state index is 0.00452. The van der Waals surface area contributed by atoms with Gasteiger partial charge in [0.1, 0.15) is 18.1 Å². The monoisotopic (exact) mass is 627 g/mol. The molecule has 2 atom stereocenters. The van der Waals surface area contributed by atoms with Crippen LogP contribution in [0.25, 0.3) is 10.9 Å². The summed E-state index contributed by atoms with van der Waals surface area (Å²) in [6, 6.07) is 9.36. The molecule has 2 unspecified atom stereocenters. The molecule has 0 saturated carbocycles. The van der Waals surface area contributed by atoms with Gasteiger partial charge in [-0.2, -0.15) is 0 Å². The number of nitrogens with zero attached hydrogens (tertiary/aromatic N) is 6. The number of piperidine rings is 2. The first-order valence-electron chi connectivity index (χ1n) is 16.4. The Morgan fingerprint density at radius 3 is 2.67 bits per heavy atom. The lowest BCUT2D eigenvalue weighted by molar-refractivity contribution is 0.157. The molecule has 11 heteroatoms. The van der Waals surface area contributed by atoms with Crippen LogP contribution in [0.15, 0.2) is 53.7 Å². The maximum atomic E-state index is 15.9. The maximum Gasteiger partial charge on any atom is 0.213 e. The molecule has 0 aliphatic carbocycles. The highest BCUT2D eigenvalue weighted by Crippen LogP contribution is 2.42. The molecule has 4 aromatic rings. The fourth-order valence-electron chi connectivity index (χ4n) is 7.29. The van der Waals surface area contributed by atoms with Crippen molar-refractivity contribution >= 4 is 28.1 Å². The van der Waals surface area contributed by atoms with Crippen LogP contribution in [0.5, 0.6) is 11.6 Å². The lowest BCUT2D eigenvalue weighted by Gasteiger charge is -2.40. The number of benzene rings is 1. The van der Waals surface area contributed by atoms with Crippen molar-refractivity contribution in [2.45, 2.75) is 64.2 Å². The third kappa shape index (κ3) is 5.84. The molecule has 2 fully saturated rings. The molecule has 3 aliphatic rings. The van der Waals surface area contributed by atoms with Gasteiger partial charge in [-0.3, -0.25) is 9.69 Å². The molecule has 0 amide bonds. The lowest BCUT2D eigenvalue weighted by atomic mass is 10.0. The predicted molar refractivity (Wildman–Crippen MR) is 178 cm³/mol. The summed E-state index contributed by atoms with van der Waals surface area (Å²) in [5.41, 5.74) is 9.62. The molecular weight excluding hydrogens is 585 g/mol. The molecule has 6 heterocycles. The maximum absolute atomic E-state index is 15.9. The Labute approximate surface area is 268 Å². The van der Waals surface area contributed by atoms with Crippen molar-refractivity contribution in [3.05, 3.63) is 76.1 Å². The van der Waals surface area contributed by atoms with Gasteiger partial charge in [-0.15, -0.1) is 0 Å². The largest absolute Gasteiger partial charge is 0.487 e. The number of ether oxygens (including phenoxy) is 2. The summed E-state index contributed by atoms with van der Waals surface area (Å²) in [4.78, 5) is 29.7. The summed E-state index contributed by atoms with van der Waals surface area (Å²) in [5.74, 6) is 1.15. The zero-order valence-corrected chi connectivity index (χ0v) is 26.6. The SMILES string of the molecule is COc1cc(CN(Cc2cn3c4c(c(N5CCCCC5)c(F)cc4c2=O)OCC3C)C2CCCN(c3ccc(N)nc3)C2)ccn1. The second-order valence-electron chi connectivity index (χ2n) is 12.8. The van der Waals surface area contributed by atoms with Gasteiger partial charge in [0.25, 0.3) is 0 Å². The van der Waals surface area contributed by atoms with Gasteiger partial charge < -0.3 is 29.6 Å². The molecule has 242 valence electrons. The van der Waals surface area contributed by atoms with Crippen molar-refractivity contribution in [1.82, 2.24) is 19.4 Å². The highest BCUT2D eigenvalue weighted by molar-refractivity contribution is 5.92. The number of anilines is 3. The van der Waals surface area contributed by atoms with E-state index in [1.165, 1.54) is 6.07 Å². The molecule has 0 bridgehead atoms. The predicted octanol–water partition coefficient (Wildman–Crippen LogP) is 5.14. The van der Waals surface area contributed by atoms with E-state index in [2.05, 4.69) is 36.2 Å². The number of rotatable bonds is 8. The number of aromatic nitrogens is 3. The van der Waals surface area contributed by atoms with Crippen LogP contribution in [0.4, 0.5) is 21.6 Å². The topological polar surface area (TPSA) is 102 Å². The number of pyridine rings is 3. The Morgan fingerprint density at radius 2 is 1.89 bits per heavy atom. The van der Waals surface area contributed by atoms with Crippen molar-refractivity contribution in [2.24, 2.45) is 0 Å². The Hall–Kier alpha value is -4.38. The Kier molecular flexibility index (Phi) is 8.42. The van der Waals surface area contributed by atoms with E-state index in [0.29, 0.717) is 59.3 Å². The van der Waals surface area contributed by atoms with Crippen LogP contribution in [-0.4, -0.2) is 65.4 Å². The summed E-state index contributed by atoms with van der Waals surface area (Å²) in [6.45, 7) is 6.78. The second kappa shape index (κ2) is 12.8. The number of methoxy groups -OCH3 is 1. The molecule has 10 nitrogen and oxygen atoms in total. The minimum atomic E-state index is -0.388. The highest BCUT2D eigenvalue weighted by atomic mass is 19.1. The van der Waals surface area contributed by atoms with Gasteiger partial charge >= 0.3 is 0 Å². The number of hydrogen-bond donors (Lipinski definition) is 1. The number of nitrogen functional groups attached to an aromatic ring is 1. The fourth-order valence-corrected chi connectivity index (χ4v) is 7.29. The third-order valence-corrected chi connectivity index (χ3v) is 9.70. The molecule has 0 radical (unpaired) electrons. The first kappa shape index (κ1) is 30.3. The van der Waals surface area contributed by atoms with E-state index < -0.39 is 0 Å². The fraction of sp³-hybridized carbons (Fsp3) is 0.457. The first-order chi connectivity index (χ1) is 22.4. The van der Waals surface area contributed by atoms with Crippen molar-refractivity contribution in [2.75, 3.05) is 55.4 Å². The van der Waals surface area contributed by atoms with Crippen LogP contribution in [-0.2, 0) is 13.1 Å². The smallest absolute Gasteiger partial charge is 0.213 e. The Bertz CT molecular complexity index is 1770. The first-order valence-corrected chi connectivity index (χ1v) is 16.4. The van der Waals surface area contributed by atoms with E-state index >= 15 is 4.39 Å². The third-order valence-electron chi connectivity index (χ3n) is 9.70. The van der Waals surface area contributed by atoms with Crippen LogP contribution in [0.3, 0.4) is 0 Å². The average molecular weight is 628 g/mol. The van der Waals surface area contributed by atoms with E-state index in [9.17, 15) is 4.79 Å². The van der Waals surface area contributed by atoms with Gasteiger partial charge in [0, 0.05) is 69.3 Å². The summed E-state index contributed by atoms with van der Waals surface area (Å²) in [6.07, 6.45) is 10.7. The molecule has 3 aliphatic heterocycles. The van der Waals surface area contributed by atoms with Crippen molar-refractivity contribution < 1.29 is 13.9 Å². The van der Waals surface area contributed by atoms with Gasteiger partial charge in [-0.25, -0.2) is 14.4 Å². The molecule has 2 N–H and O–H groups in total. The van der Waals surface area contributed by atoms with Gasteiger partial charge in [-0.1, -0.05) is 0 Å². The van der Waals surface area contributed by atoms with E-state index in [4.69, 9.17) is 15.2 Å². The normalized spacial score (nSPS) is 19.8. The summed E-state index contributed by atoms with van der Waals surface area (Å²) >= 11 is 0. The van der Waals surface area contributed by atoms with Crippen LogP contribution in [0.1, 0.15) is 56.2 Å². The average Bonchev–Trinajstić information content (AvgIpc) is 3.08. The van der Waals surface area contributed by atoms with Crippen LogP contribution in [0, 0.1) is 5.82 Å². The van der Waals surface area contributed by atoms with Gasteiger partial charge in [0.05, 0.1) is 35.9 Å². The molecule has 2 saturated heterocycles. The highest BCUT2D eigenvalue weighted by Gasteiger charge is 2.31. The number of nitrogens with two attached hydrogens (primary N) is 1. The van der Waals surface area contributed by atoms with Crippen molar-refractivity contribution in [3.63, 3.8) is 0 Å². The number of hydrogen-bond acceptors (Lipinski definition) is 9. The quantitative estimate of drug-likeness (QED) is 0.285. The molecule has 3 aromatic heterocycles. The van der Waals surface area contributed by atoms with E-state index in [1.807, 2.05) is 36.7 Å². The summed E-state index contributed by atoms with van der Waals surface area (Å²) in [7, 11) is 1.61. The zero-order chi connectivity index (χ0) is 31.8. The molecule has 7 rings (SSSR count). The zero-order valence-electron chi connectivity index (χ0n) is 26.6. The lowest BCUT2D eigenvalue weighted by Crippen LogP contribution is -2.48. The Balaban J connectivity index is 1.28. The molecular formula is C35H42FN7O3. The van der Waals surface area contributed by atoms with E-state index in [1.54, 1.807) is 13.3 Å². The van der Waals surface area contributed by atoms with E-state index in [0.717, 1.165) is 69.5 Å². The van der Waals surface area contributed by atoms with Crippen LogP contribution in [0.2, 0.25) is 0 Å².